The van der Waals surface area contributed by atoms with Crippen LogP contribution in [0.2, 0.25) is 0 Å². The predicted octanol–water partition coefficient (Wildman–Crippen LogP) is 10.6. The Labute approximate surface area is 258 Å². The molecule has 4 nitrogen and oxygen atoms in total. The normalized spacial score (nSPS) is 10.5. The van der Waals surface area contributed by atoms with E-state index in [9.17, 15) is 0 Å². The third kappa shape index (κ3) is 6.45. The SMILES string of the molecule is C=COCc1c2ccccc2c(COC=C)c2ccccc12.C=COCc1cccc2cc3c(COC=C)cccc3cc12. The lowest BCUT2D eigenvalue weighted by atomic mass is 9.92. The van der Waals surface area contributed by atoms with Crippen molar-refractivity contribution < 1.29 is 18.9 Å². The first-order valence-electron chi connectivity index (χ1n) is 14.4. The first-order valence-corrected chi connectivity index (χ1v) is 14.4. The molecule has 0 N–H and O–H groups in total. The Morgan fingerprint density at radius 2 is 0.727 bits per heavy atom. The van der Waals surface area contributed by atoms with Crippen molar-refractivity contribution in [3.8, 4) is 0 Å². The first kappa shape index (κ1) is 30.0. The Kier molecular flexibility index (Phi) is 9.96. The summed E-state index contributed by atoms with van der Waals surface area (Å²) in [6.07, 6.45) is 5.92. The summed E-state index contributed by atoms with van der Waals surface area (Å²) in [7, 11) is 0. The Balaban J connectivity index is 0.000000175. The molecule has 0 fully saturated rings. The van der Waals surface area contributed by atoms with Crippen molar-refractivity contribution in [3.63, 3.8) is 0 Å². The topological polar surface area (TPSA) is 36.9 Å². The molecule has 0 heterocycles. The Hall–Kier alpha value is -5.48. The van der Waals surface area contributed by atoms with E-state index in [2.05, 4.69) is 99.1 Å². The van der Waals surface area contributed by atoms with Crippen molar-refractivity contribution in [1.82, 2.24) is 0 Å². The van der Waals surface area contributed by atoms with E-state index in [1.165, 1.54) is 79.3 Å². The van der Waals surface area contributed by atoms with Crippen LogP contribution in [0.3, 0.4) is 0 Å². The van der Waals surface area contributed by atoms with Gasteiger partial charge in [0.05, 0.1) is 25.0 Å². The van der Waals surface area contributed by atoms with E-state index in [0.29, 0.717) is 26.4 Å². The molecular formula is C40H36O4. The average molecular weight is 581 g/mol. The van der Waals surface area contributed by atoms with Crippen molar-refractivity contribution in [2.45, 2.75) is 26.4 Å². The van der Waals surface area contributed by atoms with Crippen molar-refractivity contribution >= 4 is 43.1 Å². The van der Waals surface area contributed by atoms with Gasteiger partial charge in [-0.1, -0.05) is 111 Å². The monoisotopic (exact) mass is 580 g/mol. The largest absolute Gasteiger partial charge is 0.497 e. The van der Waals surface area contributed by atoms with Gasteiger partial charge in [0.2, 0.25) is 0 Å². The van der Waals surface area contributed by atoms with Crippen LogP contribution >= 0.6 is 0 Å². The molecule has 220 valence electrons. The molecule has 6 aromatic carbocycles. The van der Waals surface area contributed by atoms with Gasteiger partial charge in [0.15, 0.2) is 0 Å². The fourth-order valence-corrected chi connectivity index (χ4v) is 5.63. The van der Waals surface area contributed by atoms with Gasteiger partial charge in [0, 0.05) is 11.1 Å². The minimum atomic E-state index is 0.507. The van der Waals surface area contributed by atoms with E-state index in [0.717, 1.165) is 11.1 Å². The van der Waals surface area contributed by atoms with Crippen LogP contribution in [0.1, 0.15) is 22.3 Å². The molecule has 0 unspecified atom stereocenters. The summed E-state index contributed by atoms with van der Waals surface area (Å²) in [5, 5.41) is 9.55. The van der Waals surface area contributed by atoms with Gasteiger partial charge in [-0.25, -0.2) is 0 Å². The summed E-state index contributed by atoms with van der Waals surface area (Å²) >= 11 is 0. The standard InChI is InChI=1S/2C20H18O2/c1-3-21-13-17-9-5-7-15-12-20-16(11-19(15)17)8-6-10-18(20)14-22-4-2;1-3-21-13-19-15-9-5-7-11-17(15)20(14-22-4-2)18-12-8-6-10-16(18)19/h2*3-12H,1-2,13-14H2. The highest BCUT2D eigenvalue weighted by molar-refractivity contribution is 6.05. The molecule has 0 atom stereocenters. The number of ether oxygens (including phenoxy) is 4. The number of hydrogen-bond donors (Lipinski definition) is 0. The fraction of sp³-hybridized carbons (Fsp3) is 0.100. The molecule has 0 radical (unpaired) electrons. The summed E-state index contributed by atoms with van der Waals surface area (Å²) in [6, 6.07) is 33.6. The number of hydrogen-bond acceptors (Lipinski definition) is 4. The number of rotatable bonds is 12. The lowest BCUT2D eigenvalue weighted by Crippen LogP contribution is -1.97. The van der Waals surface area contributed by atoms with E-state index < -0.39 is 0 Å². The second kappa shape index (κ2) is 14.6. The zero-order valence-corrected chi connectivity index (χ0v) is 24.8. The minimum absolute atomic E-state index is 0.507. The summed E-state index contributed by atoms with van der Waals surface area (Å²) in [5.41, 5.74) is 4.67. The highest BCUT2D eigenvalue weighted by Crippen LogP contribution is 2.34. The first-order chi connectivity index (χ1) is 21.7. The molecule has 0 aliphatic heterocycles. The van der Waals surface area contributed by atoms with Gasteiger partial charge in [-0.15, -0.1) is 0 Å². The van der Waals surface area contributed by atoms with Crippen LogP contribution in [-0.4, -0.2) is 0 Å². The van der Waals surface area contributed by atoms with Crippen LogP contribution in [0.4, 0.5) is 0 Å². The van der Waals surface area contributed by atoms with Crippen LogP contribution in [0, 0.1) is 0 Å². The zero-order valence-electron chi connectivity index (χ0n) is 24.8. The van der Waals surface area contributed by atoms with E-state index >= 15 is 0 Å². The second-order valence-corrected chi connectivity index (χ2v) is 10.1. The summed E-state index contributed by atoms with van der Waals surface area (Å²) in [5.74, 6) is 0. The molecule has 0 bridgehead atoms. The summed E-state index contributed by atoms with van der Waals surface area (Å²) in [6.45, 7) is 16.6. The molecule has 0 amide bonds. The highest BCUT2D eigenvalue weighted by atomic mass is 16.5. The molecular weight excluding hydrogens is 544 g/mol. The number of fused-ring (bicyclic) bond motifs is 4. The third-order valence-corrected chi connectivity index (χ3v) is 7.62. The summed E-state index contributed by atoms with van der Waals surface area (Å²) in [4.78, 5) is 0. The lowest BCUT2D eigenvalue weighted by molar-refractivity contribution is 0.238. The van der Waals surface area contributed by atoms with Crippen molar-refractivity contribution in [2.75, 3.05) is 0 Å². The third-order valence-electron chi connectivity index (χ3n) is 7.62. The van der Waals surface area contributed by atoms with Crippen LogP contribution in [0.25, 0.3) is 43.1 Å². The molecule has 0 aliphatic carbocycles. The van der Waals surface area contributed by atoms with Crippen LogP contribution in [-0.2, 0) is 45.4 Å². The van der Waals surface area contributed by atoms with Crippen molar-refractivity contribution in [1.29, 1.82) is 0 Å². The quantitative estimate of drug-likeness (QED) is 0.107. The lowest BCUT2D eigenvalue weighted by Gasteiger charge is -2.16. The minimum Gasteiger partial charge on any atom is -0.497 e. The van der Waals surface area contributed by atoms with Gasteiger partial charge in [-0.2, -0.15) is 0 Å². The van der Waals surface area contributed by atoms with Crippen molar-refractivity contribution in [3.05, 3.63) is 171 Å². The van der Waals surface area contributed by atoms with Gasteiger partial charge >= 0.3 is 0 Å². The molecule has 44 heavy (non-hydrogen) atoms. The van der Waals surface area contributed by atoms with Gasteiger partial charge < -0.3 is 18.9 Å². The van der Waals surface area contributed by atoms with E-state index in [4.69, 9.17) is 18.9 Å². The molecule has 0 saturated heterocycles. The Bertz CT molecular complexity index is 1750. The molecule has 4 heteroatoms. The van der Waals surface area contributed by atoms with Gasteiger partial charge in [0.1, 0.15) is 26.4 Å². The van der Waals surface area contributed by atoms with Crippen molar-refractivity contribution in [2.24, 2.45) is 0 Å². The zero-order chi connectivity index (χ0) is 30.7. The van der Waals surface area contributed by atoms with Crippen LogP contribution in [0.5, 0.6) is 0 Å². The van der Waals surface area contributed by atoms with E-state index in [1.54, 1.807) is 0 Å². The molecule has 0 aromatic heterocycles. The Morgan fingerprint density at radius 3 is 1.07 bits per heavy atom. The van der Waals surface area contributed by atoms with Crippen LogP contribution in [0.15, 0.2) is 148 Å². The predicted molar refractivity (Wildman–Crippen MR) is 183 cm³/mol. The van der Waals surface area contributed by atoms with Gasteiger partial charge in [0.25, 0.3) is 0 Å². The highest BCUT2D eigenvalue weighted by Gasteiger charge is 2.13. The second-order valence-electron chi connectivity index (χ2n) is 10.1. The molecule has 6 aromatic rings. The van der Waals surface area contributed by atoms with Gasteiger partial charge in [-0.05, 0) is 66.3 Å². The maximum absolute atomic E-state index is 5.47. The summed E-state index contributed by atoms with van der Waals surface area (Å²) < 4.78 is 21.6. The Morgan fingerprint density at radius 1 is 0.386 bits per heavy atom. The fourth-order valence-electron chi connectivity index (χ4n) is 5.63. The van der Waals surface area contributed by atoms with E-state index in [-0.39, 0.29) is 0 Å². The van der Waals surface area contributed by atoms with Gasteiger partial charge in [-0.3, -0.25) is 0 Å². The molecule has 0 spiro atoms. The average Bonchev–Trinajstić information content (AvgIpc) is 3.07. The molecule has 0 saturated carbocycles. The molecule has 0 aliphatic rings. The maximum Gasteiger partial charge on any atom is 0.114 e. The van der Waals surface area contributed by atoms with Crippen LogP contribution < -0.4 is 0 Å². The smallest absolute Gasteiger partial charge is 0.114 e. The number of benzene rings is 6. The maximum atomic E-state index is 5.47. The molecule has 6 rings (SSSR count). The van der Waals surface area contributed by atoms with E-state index in [1.807, 2.05) is 24.3 Å².